The molecule has 2 aromatic rings. The Labute approximate surface area is 184 Å². The van der Waals surface area contributed by atoms with E-state index >= 15 is 0 Å². The largest absolute Gasteiger partial charge is 0.462 e. The zero-order valence-corrected chi connectivity index (χ0v) is 18.0. The van der Waals surface area contributed by atoms with Gasteiger partial charge in [-0.1, -0.05) is 18.5 Å². The molecule has 0 radical (unpaired) electrons. The molecule has 1 atom stereocenters. The molecule has 32 heavy (non-hydrogen) atoms. The van der Waals surface area contributed by atoms with Crippen LogP contribution in [-0.4, -0.2) is 48.7 Å². The first-order chi connectivity index (χ1) is 15.4. The van der Waals surface area contributed by atoms with Crippen molar-refractivity contribution in [2.75, 3.05) is 30.0 Å². The zero-order valence-electron chi connectivity index (χ0n) is 18.0. The van der Waals surface area contributed by atoms with E-state index in [0.29, 0.717) is 23.6 Å². The van der Waals surface area contributed by atoms with Crippen molar-refractivity contribution >= 4 is 35.3 Å². The maximum atomic E-state index is 12.4. The molecular formula is C22H25N3O7. The van der Waals surface area contributed by atoms with Gasteiger partial charge in [0.05, 0.1) is 18.1 Å². The first-order valence-corrected chi connectivity index (χ1v) is 10.3. The zero-order chi connectivity index (χ0) is 23.1. The van der Waals surface area contributed by atoms with Crippen molar-refractivity contribution in [1.29, 1.82) is 0 Å². The Morgan fingerprint density at radius 1 is 1.22 bits per heavy atom. The highest BCUT2D eigenvalue weighted by Crippen LogP contribution is 2.26. The van der Waals surface area contributed by atoms with Crippen LogP contribution in [0.25, 0.3) is 0 Å². The van der Waals surface area contributed by atoms with Crippen LogP contribution in [0, 0.1) is 12.8 Å². The van der Waals surface area contributed by atoms with Crippen LogP contribution in [0.1, 0.15) is 42.3 Å². The number of hydrogen-bond acceptors (Lipinski definition) is 8. The Morgan fingerprint density at radius 3 is 2.62 bits per heavy atom. The molecular weight excluding hydrogens is 418 g/mol. The van der Waals surface area contributed by atoms with Crippen molar-refractivity contribution in [3.8, 4) is 0 Å². The Kier molecular flexibility index (Phi) is 7.58. The number of nitrogens with zero attached hydrogens (tertiary/aromatic N) is 2. The highest BCUT2D eigenvalue weighted by Gasteiger charge is 2.36. The van der Waals surface area contributed by atoms with Crippen LogP contribution < -0.4 is 10.2 Å². The van der Waals surface area contributed by atoms with E-state index in [4.69, 9.17) is 14.0 Å². The summed E-state index contributed by atoms with van der Waals surface area (Å²) in [5.74, 6) is -1.79. The monoisotopic (exact) mass is 443 g/mol. The Hall–Kier alpha value is -3.69. The highest BCUT2D eigenvalue weighted by molar-refractivity contribution is 6.00. The lowest BCUT2D eigenvalue weighted by Gasteiger charge is -2.17. The molecule has 2 heterocycles. The van der Waals surface area contributed by atoms with Crippen LogP contribution in [0.2, 0.25) is 0 Å². The van der Waals surface area contributed by atoms with Crippen LogP contribution in [0.5, 0.6) is 0 Å². The summed E-state index contributed by atoms with van der Waals surface area (Å²) in [6.45, 7) is 3.68. The summed E-state index contributed by atoms with van der Waals surface area (Å²) in [5.41, 5.74) is 0.954. The van der Waals surface area contributed by atoms with Gasteiger partial charge in [0.15, 0.2) is 12.4 Å². The minimum atomic E-state index is -0.691. The highest BCUT2D eigenvalue weighted by atomic mass is 16.5. The number of anilines is 2. The number of aryl methyl sites for hydroxylation is 1. The van der Waals surface area contributed by atoms with E-state index in [1.165, 1.54) is 11.0 Å². The smallest absolute Gasteiger partial charge is 0.338 e. The van der Waals surface area contributed by atoms with Crippen molar-refractivity contribution in [1.82, 2.24) is 5.16 Å². The molecule has 0 aliphatic carbocycles. The minimum absolute atomic E-state index is 0.0241. The molecule has 1 saturated heterocycles. The number of carbonyl (C=O) groups excluding carboxylic acids is 4. The lowest BCUT2D eigenvalue weighted by molar-refractivity contribution is -0.151. The third-order valence-electron chi connectivity index (χ3n) is 4.85. The van der Waals surface area contributed by atoms with Crippen molar-refractivity contribution < 1.29 is 33.2 Å². The molecule has 1 fully saturated rings. The fourth-order valence-corrected chi connectivity index (χ4v) is 3.14. The fourth-order valence-electron chi connectivity index (χ4n) is 3.14. The number of amides is 2. The molecule has 10 nitrogen and oxygen atoms in total. The molecule has 10 heteroatoms. The number of benzene rings is 1. The number of rotatable bonds is 9. The molecule has 1 aliphatic heterocycles. The molecule has 0 saturated carbocycles. The van der Waals surface area contributed by atoms with Crippen LogP contribution in [-0.2, 0) is 23.9 Å². The average Bonchev–Trinajstić information content (AvgIpc) is 3.37. The van der Waals surface area contributed by atoms with Crippen molar-refractivity contribution in [2.45, 2.75) is 33.1 Å². The average molecular weight is 443 g/mol. The van der Waals surface area contributed by atoms with Gasteiger partial charge in [0.2, 0.25) is 5.91 Å². The number of unbranched alkanes of at least 4 members (excludes halogenated alkanes) is 1. The van der Waals surface area contributed by atoms with E-state index < -0.39 is 30.4 Å². The maximum absolute atomic E-state index is 12.4. The van der Waals surface area contributed by atoms with Crippen LogP contribution in [0.3, 0.4) is 0 Å². The van der Waals surface area contributed by atoms with E-state index in [0.717, 1.165) is 12.8 Å². The predicted molar refractivity (Wildman–Crippen MR) is 113 cm³/mol. The first-order valence-electron chi connectivity index (χ1n) is 10.3. The minimum Gasteiger partial charge on any atom is -0.462 e. The van der Waals surface area contributed by atoms with Crippen molar-refractivity contribution in [3.63, 3.8) is 0 Å². The summed E-state index contributed by atoms with van der Waals surface area (Å²) in [5, 5.41) is 6.07. The van der Waals surface area contributed by atoms with Gasteiger partial charge in [-0.05, 0) is 37.6 Å². The lowest BCUT2D eigenvalue weighted by atomic mass is 10.1. The van der Waals surface area contributed by atoms with Gasteiger partial charge in [-0.3, -0.25) is 14.4 Å². The van der Waals surface area contributed by atoms with Gasteiger partial charge in [-0.15, -0.1) is 0 Å². The molecule has 1 aromatic carbocycles. The third kappa shape index (κ3) is 5.93. The van der Waals surface area contributed by atoms with Gasteiger partial charge in [-0.2, -0.15) is 0 Å². The Balaban J connectivity index is 1.50. The number of carbonyl (C=O) groups is 4. The molecule has 3 rings (SSSR count). The topological polar surface area (TPSA) is 128 Å². The Morgan fingerprint density at radius 2 is 1.97 bits per heavy atom. The molecule has 170 valence electrons. The summed E-state index contributed by atoms with van der Waals surface area (Å²) < 4.78 is 15.1. The third-order valence-corrected chi connectivity index (χ3v) is 4.85. The SMILES string of the molecule is CCCCOC(=O)c1ccc(N2C[C@H](C(=O)OCC(=O)Nc3cc(C)on3)CC2=O)cc1. The van der Waals surface area contributed by atoms with Gasteiger partial charge < -0.3 is 24.2 Å². The lowest BCUT2D eigenvalue weighted by Crippen LogP contribution is -2.28. The first kappa shape index (κ1) is 23.0. The standard InChI is InChI=1S/C22H25N3O7/c1-3-4-9-30-21(28)15-5-7-17(8-6-15)25-12-16(11-20(25)27)22(29)31-13-19(26)23-18-10-14(2)32-24-18/h5-8,10,16H,3-4,9,11-13H2,1-2H3,(H,23,24,26)/t16-/m1/s1. The fraction of sp³-hybridized carbons (Fsp3) is 0.409. The van der Waals surface area contributed by atoms with Crippen LogP contribution >= 0.6 is 0 Å². The normalized spacial score (nSPS) is 15.5. The number of esters is 2. The second-order valence-electron chi connectivity index (χ2n) is 7.42. The molecule has 0 bridgehead atoms. The van der Waals surface area contributed by atoms with Gasteiger partial charge >= 0.3 is 11.9 Å². The summed E-state index contributed by atoms with van der Waals surface area (Å²) in [7, 11) is 0. The molecule has 1 aromatic heterocycles. The molecule has 0 unspecified atom stereocenters. The van der Waals surface area contributed by atoms with E-state index in [1.54, 1.807) is 31.2 Å². The van der Waals surface area contributed by atoms with Crippen molar-refractivity contribution in [3.05, 3.63) is 41.7 Å². The summed E-state index contributed by atoms with van der Waals surface area (Å²) in [6.07, 6.45) is 1.70. The summed E-state index contributed by atoms with van der Waals surface area (Å²) in [4.78, 5) is 50.0. The quantitative estimate of drug-likeness (QED) is 0.462. The van der Waals surface area contributed by atoms with E-state index in [9.17, 15) is 19.2 Å². The molecule has 1 N–H and O–H groups in total. The van der Waals surface area contributed by atoms with Crippen molar-refractivity contribution in [2.24, 2.45) is 5.92 Å². The predicted octanol–water partition coefficient (Wildman–Crippen LogP) is 2.47. The summed E-state index contributed by atoms with van der Waals surface area (Å²) >= 11 is 0. The van der Waals surface area contributed by atoms with E-state index in [2.05, 4.69) is 10.5 Å². The van der Waals surface area contributed by atoms with Gasteiger partial charge in [0.1, 0.15) is 5.76 Å². The van der Waals surface area contributed by atoms with Gasteiger partial charge in [0, 0.05) is 24.7 Å². The second-order valence-corrected chi connectivity index (χ2v) is 7.42. The van der Waals surface area contributed by atoms with Crippen LogP contribution in [0.4, 0.5) is 11.5 Å². The molecule has 2 amide bonds. The number of nitrogens with one attached hydrogen (secondary N) is 1. The van der Waals surface area contributed by atoms with E-state index in [1.807, 2.05) is 6.92 Å². The second kappa shape index (κ2) is 10.6. The van der Waals surface area contributed by atoms with Gasteiger partial charge in [0.25, 0.3) is 5.91 Å². The number of aromatic nitrogens is 1. The van der Waals surface area contributed by atoms with Gasteiger partial charge in [-0.25, -0.2) is 4.79 Å². The Bertz CT molecular complexity index is 984. The molecule has 1 aliphatic rings. The number of hydrogen-bond donors (Lipinski definition) is 1. The van der Waals surface area contributed by atoms with Crippen LogP contribution in [0.15, 0.2) is 34.9 Å². The maximum Gasteiger partial charge on any atom is 0.338 e. The number of ether oxygens (including phenoxy) is 2. The van der Waals surface area contributed by atoms with E-state index in [-0.39, 0.29) is 24.7 Å². The molecule has 0 spiro atoms. The summed E-state index contributed by atoms with van der Waals surface area (Å²) in [6, 6.07) is 7.96.